The Morgan fingerprint density at radius 2 is 1.89 bits per heavy atom. The largest absolute Gasteiger partial charge is 0.365 e. The van der Waals surface area contributed by atoms with Gasteiger partial charge in [0.25, 0.3) is 0 Å². The van der Waals surface area contributed by atoms with Crippen molar-refractivity contribution >= 4 is 5.69 Å². The van der Waals surface area contributed by atoms with Gasteiger partial charge >= 0.3 is 0 Å². The Morgan fingerprint density at radius 1 is 1.17 bits per heavy atom. The van der Waals surface area contributed by atoms with Crippen LogP contribution in [-0.2, 0) is 0 Å². The average Bonchev–Trinajstić information content (AvgIpc) is 3.15. The van der Waals surface area contributed by atoms with Gasteiger partial charge in [0, 0.05) is 19.1 Å². The predicted octanol–water partition coefficient (Wildman–Crippen LogP) is 2.54. The second kappa shape index (κ2) is 4.84. The third-order valence-electron chi connectivity index (χ3n) is 3.87. The number of para-hydroxylation sites is 1. The minimum atomic E-state index is -0.452. The molecule has 0 bridgehead atoms. The van der Waals surface area contributed by atoms with Crippen LogP contribution in [0.15, 0.2) is 18.2 Å². The number of halogens is 2. The molecular weight excluding hydrogens is 234 g/mol. The highest BCUT2D eigenvalue weighted by Gasteiger charge is 2.34. The third kappa shape index (κ3) is 2.34. The highest BCUT2D eigenvalue weighted by molar-refractivity contribution is 5.49. The van der Waals surface area contributed by atoms with Crippen LogP contribution < -0.4 is 10.2 Å². The summed E-state index contributed by atoms with van der Waals surface area (Å²) < 4.78 is 27.6. The van der Waals surface area contributed by atoms with E-state index in [9.17, 15) is 8.78 Å². The van der Waals surface area contributed by atoms with Crippen molar-refractivity contribution in [2.24, 2.45) is 5.92 Å². The van der Waals surface area contributed by atoms with Gasteiger partial charge in [-0.1, -0.05) is 6.07 Å². The van der Waals surface area contributed by atoms with Crippen LogP contribution >= 0.6 is 0 Å². The van der Waals surface area contributed by atoms with E-state index in [4.69, 9.17) is 0 Å². The summed E-state index contributed by atoms with van der Waals surface area (Å²) in [5.74, 6) is -0.210. The second-order valence-electron chi connectivity index (χ2n) is 5.27. The number of nitrogens with zero attached hydrogens (tertiary/aromatic N) is 1. The van der Waals surface area contributed by atoms with Gasteiger partial charge in [-0.2, -0.15) is 0 Å². The predicted molar refractivity (Wildman–Crippen MR) is 67.7 cm³/mol. The standard InChI is InChI=1S/C14H18F2N2/c15-11-3-1-4-12(16)14(11)18-8-2-7-17-13(9-18)10-5-6-10/h1,3-4,10,13,17H,2,5-9H2. The van der Waals surface area contributed by atoms with Crippen LogP contribution in [-0.4, -0.2) is 25.7 Å². The Labute approximate surface area is 106 Å². The molecule has 1 saturated heterocycles. The number of benzene rings is 1. The van der Waals surface area contributed by atoms with Crippen molar-refractivity contribution in [1.82, 2.24) is 5.32 Å². The summed E-state index contributed by atoms with van der Waals surface area (Å²) in [6, 6.07) is 4.47. The first kappa shape index (κ1) is 11.9. The summed E-state index contributed by atoms with van der Waals surface area (Å²) >= 11 is 0. The van der Waals surface area contributed by atoms with Gasteiger partial charge in [-0.15, -0.1) is 0 Å². The SMILES string of the molecule is Fc1cccc(F)c1N1CCCNC(C2CC2)C1. The van der Waals surface area contributed by atoms with Crippen LogP contribution in [0, 0.1) is 17.6 Å². The Bertz CT molecular complexity index is 412. The van der Waals surface area contributed by atoms with Crippen LogP contribution in [0.5, 0.6) is 0 Å². The molecule has 0 amide bonds. The van der Waals surface area contributed by atoms with Gasteiger partial charge in [0.2, 0.25) is 0 Å². The minimum absolute atomic E-state index is 0.145. The fraction of sp³-hybridized carbons (Fsp3) is 0.571. The molecule has 18 heavy (non-hydrogen) atoms. The topological polar surface area (TPSA) is 15.3 Å². The summed E-state index contributed by atoms with van der Waals surface area (Å²) in [5.41, 5.74) is 0.145. The van der Waals surface area contributed by atoms with Gasteiger partial charge in [0.1, 0.15) is 17.3 Å². The van der Waals surface area contributed by atoms with Gasteiger partial charge in [-0.05, 0) is 43.9 Å². The molecular formula is C14H18F2N2. The zero-order chi connectivity index (χ0) is 12.5. The summed E-state index contributed by atoms with van der Waals surface area (Å²) in [6.07, 6.45) is 3.41. The molecule has 1 unspecified atom stereocenters. The highest BCUT2D eigenvalue weighted by Crippen LogP contribution is 2.35. The Hall–Kier alpha value is -1.16. The van der Waals surface area contributed by atoms with Crippen LogP contribution in [0.2, 0.25) is 0 Å². The molecule has 2 fully saturated rings. The van der Waals surface area contributed by atoms with E-state index in [1.165, 1.54) is 31.0 Å². The molecule has 2 aliphatic rings. The number of hydrogen-bond acceptors (Lipinski definition) is 2. The molecule has 0 aromatic heterocycles. The zero-order valence-corrected chi connectivity index (χ0v) is 10.3. The zero-order valence-electron chi connectivity index (χ0n) is 10.3. The molecule has 98 valence electrons. The number of rotatable bonds is 2. The van der Waals surface area contributed by atoms with Crippen LogP contribution in [0.25, 0.3) is 0 Å². The van der Waals surface area contributed by atoms with Crippen LogP contribution in [0.4, 0.5) is 14.5 Å². The fourth-order valence-electron chi connectivity index (χ4n) is 2.76. The van der Waals surface area contributed by atoms with Crippen LogP contribution in [0.1, 0.15) is 19.3 Å². The minimum Gasteiger partial charge on any atom is -0.365 e. The lowest BCUT2D eigenvalue weighted by Crippen LogP contribution is -2.39. The maximum Gasteiger partial charge on any atom is 0.149 e. The number of anilines is 1. The lowest BCUT2D eigenvalue weighted by Gasteiger charge is -2.27. The highest BCUT2D eigenvalue weighted by atomic mass is 19.1. The van der Waals surface area contributed by atoms with E-state index in [2.05, 4.69) is 5.32 Å². The second-order valence-corrected chi connectivity index (χ2v) is 5.27. The van der Waals surface area contributed by atoms with Gasteiger partial charge in [0.05, 0.1) is 0 Å². The lowest BCUT2D eigenvalue weighted by atomic mass is 10.1. The van der Waals surface area contributed by atoms with Crippen molar-refractivity contribution in [2.75, 3.05) is 24.5 Å². The van der Waals surface area contributed by atoms with E-state index in [-0.39, 0.29) is 5.69 Å². The van der Waals surface area contributed by atoms with Crippen molar-refractivity contribution in [3.8, 4) is 0 Å². The van der Waals surface area contributed by atoms with Gasteiger partial charge in [-0.3, -0.25) is 0 Å². The first-order valence-corrected chi connectivity index (χ1v) is 6.68. The molecule has 1 aliphatic heterocycles. The molecule has 1 aromatic rings. The summed E-state index contributed by atoms with van der Waals surface area (Å²) in [5, 5.41) is 3.50. The lowest BCUT2D eigenvalue weighted by molar-refractivity contribution is 0.485. The molecule has 1 N–H and O–H groups in total. The smallest absolute Gasteiger partial charge is 0.149 e. The Kier molecular flexibility index (Phi) is 3.20. The maximum atomic E-state index is 13.8. The molecule has 4 heteroatoms. The summed E-state index contributed by atoms with van der Waals surface area (Å²) in [7, 11) is 0. The normalized spacial score (nSPS) is 25.0. The third-order valence-corrected chi connectivity index (χ3v) is 3.87. The first-order chi connectivity index (χ1) is 8.75. The molecule has 1 heterocycles. The molecule has 1 aliphatic carbocycles. The van der Waals surface area contributed by atoms with Gasteiger partial charge < -0.3 is 10.2 Å². The molecule has 3 rings (SSSR count). The van der Waals surface area contributed by atoms with Crippen molar-refractivity contribution in [1.29, 1.82) is 0 Å². The Balaban J connectivity index is 1.84. The summed E-state index contributed by atoms with van der Waals surface area (Å²) in [4.78, 5) is 1.87. The van der Waals surface area contributed by atoms with Gasteiger partial charge in [-0.25, -0.2) is 8.78 Å². The van der Waals surface area contributed by atoms with E-state index in [0.717, 1.165) is 13.0 Å². The van der Waals surface area contributed by atoms with E-state index < -0.39 is 11.6 Å². The molecule has 1 saturated carbocycles. The van der Waals surface area contributed by atoms with E-state index in [1.807, 2.05) is 4.90 Å². The van der Waals surface area contributed by atoms with E-state index in [1.54, 1.807) is 0 Å². The monoisotopic (exact) mass is 252 g/mol. The number of nitrogens with one attached hydrogen (secondary N) is 1. The van der Waals surface area contributed by atoms with Crippen molar-refractivity contribution in [3.63, 3.8) is 0 Å². The first-order valence-electron chi connectivity index (χ1n) is 6.68. The van der Waals surface area contributed by atoms with Crippen molar-refractivity contribution < 1.29 is 8.78 Å². The van der Waals surface area contributed by atoms with E-state index in [0.29, 0.717) is 25.0 Å². The van der Waals surface area contributed by atoms with Crippen molar-refractivity contribution in [3.05, 3.63) is 29.8 Å². The Morgan fingerprint density at radius 3 is 2.56 bits per heavy atom. The van der Waals surface area contributed by atoms with Gasteiger partial charge in [0.15, 0.2) is 0 Å². The van der Waals surface area contributed by atoms with E-state index >= 15 is 0 Å². The maximum absolute atomic E-state index is 13.8. The quantitative estimate of drug-likeness (QED) is 0.870. The van der Waals surface area contributed by atoms with Crippen LogP contribution in [0.3, 0.4) is 0 Å². The van der Waals surface area contributed by atoms with Crippen molar-refractivity contribution in [2.45, 2.75) is 25.3 Å². The number of hydrogen-bond donors (Lipinski definition) is 1. The molecule has 1 aromatic carbocycles. The molecule has 0 spiro atoms. The molecule has 1 atom stereocenters. The summed E-state index contributed by atoms with van der Waals surface area (Å²) in [6.45, 7) is 2.37. The fourth-order valence-corrected chi connectivity index (χ4v) is 2.76. The molecule has 2 nitrogen and oxygen atoms in total. The average molecular weight is 252 g/mol. The molecule has 0 radical (unpaired) electrons.